The van der Waals surface area contributed by atoms with Crippen LogP contribution in [0.3, 0.4) is 0 Å². The molecule has 0 spiro atoms. The predicted molar refractivity (Wildman–Crippen MR) is 200 cm³/mol. The van der Waals surface area contributed by atoms with Crippen molar-refractivity contribution in [2.45, 2.75) is 144 Å². The molecule has 10 heteroatoms. The first-order valence-corrected chi connectivity index (χ1v) is 20.4. The van der Waals surface area contributed by atoms with Gasteiger partial charge in [0, 0.05) is 17.0 Å². The van der Waals surface area contributed by atoms with Crippen LogP contribution in [-0.4, -0.2) is 69.3 Å². The molecule has 7 rings (SSSR count). The van der Waals surface area contributed by atoms with Gasteiger partial charge >= 0.3 is 5.97 Å². The molecule has 52 heavy (non-hydrogen) atoms. The topological polar surface area (TPSA) is 142 Å². The number of nitrogens with two attached hydrogens (primary N) is 1. The highest BCUT2D eigenvalue weighted by Gasteiger charge is 2.73. The van der Waals surface area contributed by atoms with Crippen molar-refractivity contribution >= 4 is 11.9 Å². The van der Waals surface area contributed by atoms with E-state index >= 15 is 0 Å². The van der Waals surface area contributed by atoms with Crippen LogP contribution < -0.4 is 11.1 Å². The van der Waals surface area contributed by atoms with Gasteiger partial charge in [0.05, 0.1) is 37.9 Å². The predicted octanol–water partition coefficient (Wildman–Crippen LogP) is 7.06. The summed E-state index contributed by atoms with van der Waals surface area (Å²) in [5.41, 5.74) is 6.12. The average Bonchev–Trinajstić information content (AvgIpc) is 3.74. The number of aromatic nitrogens is 3. The zero-order chi connectivity index (χ0) is 37.8. The molecule has 5 aliphatic carbocycles. The summed E-state index contributed by atoms with van der Waals surface area (Å²) in [7, 11) is 0. The molecule has 10 nitrogen and oxygen atoms in total. The molecule has 1 aromatic heterocycles. The number of amides is 1. The minimum absolute atomic E-state index is 0.182. The fraction of sp³-hybridized carbons (Fsp3) is 0.857. The van der Waals surface area contributed by atoms with Gasteiger partial charge in [0.25, 0.3) is 5.91 Å². The Labute approximate surface area is 311 Å². The first kappa shape index (κ1) is 38.0. The maximum Gasteiger partial charge on any atom is 0.307 e. The Morgan fingerprint density at radius 3 is 2.42 bits per heavy atom. The summed E-state index contributed by atoms with van der Waals surface area (Å²) in [5.74, 6) is 0.373. The van der Waals surface area contributed by atoms with Crippen molar-refractivity contribution in [3.63, 3.8) is 0 Å². The molecule has 0 radical (unpaired) electrons. The molecular weight excluding hydrogens is 654 g/mol. The molecule has 12 atom stereocenters. The Morgan fingerprint density at radius 1 is 1.08 bits per heavy atom. The molecule has 0 unspecified atom stereocenters. The van der Waals surface area contributed by atoms with E-state index in [1.165, 1.54) is 11.9 Å². The van der Waals surface area contributed by atoms with Gasteiger partial charge in [-0.15, -0.1) is 0 Å². The summed E-state index contributed by atoms with van der Waals surface area (Å²) in [5, 5.41) is 19.1. The van der Waals surface area contributed by atoms with E-state index in [9.17, 15) is 14.7 Å². The van der Waals surface area contributed by atoms with Crippen molar-refractivity contribution in [3.05, 3.63) is 23.8 Å². The molecule has 1 aliphatic heterocycles. The minimum atomic E-state index is -0.654. The number of hydrogen-bond acceptors (Lipinski definition) is 7. The lowest BCUT2D eigenvalue weighted by Gasteiger charge is -2.71. The van der Waals surface area contributed by atoms with Gasteiger partial charge in [0.1, 0.15) is 6.33 Å². The summed E-state index contributed by atoms with van der Waals surface area (Å²) in [4.78, 5) is 31.8. The summed E-state index contributed by atoms with van der Waals surface area (Å²) in [6.07, 6.45) is 11.0. The summed E-state index contributed by atoms with van der Waals surface area (Å²) >= 11 is 0. The Hall–Kier alpha value is -2.30. The fourth-order valence-corrected chi connectivity index (χ4v) is 12.7. The highest BCUT2D eigenvalue weighted by Crippen LogP contribution is 2.75. The molecule has 4 N–H and O–H groups in total. The van der Waals surface area contributed by atoms with Crippen LogP contribution in [-0.2, 0) is 14.3 Å². The highest BCUT2D eigenvalue weighted by atomic mass is 16.5. The van der Waals surface area contributed by atoms with Crippen molar-refractivity contribution in [3.8, 4) is 0 Å². The van der Waals surface area contributed by atoms with Gasteiger partial charge in [0.2, 0.25) is 5.82 Å². The van der Waals surface area contributed by atoms with Crippen LogP contribution in [0.15, 0.2) is 18.0 Å². The standard InChI is InChI=1S/C42H67N5O5/c1-24(2)26(5)38(7)17-18-39(8)28-13-14-31-37(6)19-30(47-34(44-23-45-47)35(48)46-27-11-12-27)33(52-21-41(10,43)25(3)4)42(31,22-51-20-37)29(28)15-16-40(39,9)32(38)36(49)50/h15,23-28,30-33H,11-14,16-22,43H2,1-10H3,(H,46,48)(H,49,50)/t26-,28+,30-,31-,32-,33+,37-,38-,39-,40+,41+,42+/m1/s1. The lowest BCUT2D eigenvalue weighted by atomic mass is 9.34. The van der Waals surface area contributed by atoms with Gasteiger partial charge < -0.3 is 25.6 Å². The van der Waals surface area contributed by atoms with E-state index in [-0.39, 0.29) is 58.1 Å². The number of nitrogens with one attached hydrogen (secondary N) is 1. The number of ether oxygens (including phenoxy) is 2. The van der Waals surface area contributed by atoms with Crippen LogP contribution in [0, 0.1) is 62.6 Å². The van der Waals surface area contributed by atoms with Crippen molar-refractivity contribution < 1.29 is 24.2 Å². The van der Waals surface area contributed by atoms with Crippen LogP contribution in [0.5, 0.6) is 0 Å². The second-order valence-electron chi connectivity index (χ2n) is 20.3. The van der Waals surface area contributed by atoms with E-state index in [1.54, 1.807) is 0 Å². The molecule has 6 aliphatic rings. The molecule has 1 aromatic rings. The Kier molecular flexibility index (Phi) is 9.22. The Balaban J connectivity index is 1.38. The summed E-state index contributed by atoms with van der Waals surface area (Å²) < 4.78 is 15.9. The molecule has 2 heterocycles. The van der Waals surface area contributed by atoms with E-state index in [0.717, 1.165) is 44.9 Å². The molecule has 1 saturated heterocycles. The van der Waals surface area contributed by atoms with Crippen molar-refractivity contribution in [1.29, 1.82) is 0 Å². The number of carbonyl (C=O) groups is 2. The second-order valence-corrected chi connectivity index (χ2v) is 20.3. The van der Waals surface area contributed by atoms with E-state index < -0.39 is 28.3 Å². The van der Waals surface area contributed by atoms with E-state index in [4.69, 9.17) is 20.3 Å². The highest BCUT2D eigenvalue weighted by molar-refractivity contribution is 5.91. The maximum atomic E-state index is 13.7. The summed E-state index contributed by atoms with van der Waals surface area (Å²) in [6, 6.07) is -0.0602. The van der Waals surface area contributed by atoms with Crippen molar-refractivity contribution in [2.24, 2.45) is 68.3 Å². The number of nitrogens with zero attached hydrogens (tertiary/aromatic N) is 3. The van der Waals surface area contributed by atoms with Crippen LogP contribution >= 0.6 is 0 Å². The van der Waals surface area contributed by atoms with Gasteiger partial charge in [-0.2, -0.15) is 5.10 Å². The van der Waals surface area contributed by atoms with Gasteiger partial charge in [-0.05, 0) is 110 Å². The monoisotopic (exact) mass is 722 g/mol. The van der Waals surface area contributed by atoms with Crippen LogP contribution in [0.2, 0.25) is 0 Å². The molecule has 1 amide bonds. The lowest BCUT2D eigenvalue weighted by molar-refractivity contribution is -0.254. The van der Waals surface area contributed by atoms with Gasteiger partial charge in [0.15, 0.2) is 0 Å². The molecule has 0 aromatic carbocycles. The third-order valence-corrected chi connectivity index (χ3v) is 16.9. The van der Waals surface area contributed by atoms with E-state index in [1.807, 2.05) is 4.68 Å². The lowest BCUT2D eigenvalue weighted by Crippen LogP contribution is -2.70. The van der Waals surface area contributed by atoms with Gasteiger partial charge in [-0.3, -0.25) is 9.59 Å². The quantitative estimate of drug-likeness (QED) is 0.218. The first-order valence-electron chi connectivity index (χ1n) is 20.4. The second kappa shape index (κ2) is 12.6. The number of carboxylic acids is 1. The minimum Gasteiger partial charge on any atom is -0.481 e. The molecule has 5 fully saturated rings. The molecule has 2 bridgehead atoms. The Morgan fingerprint density at radius 2 is 1.79 bits per heavy atom. The fourth-order valence-electron chi connectivity index (χ4n) is 12.7. The SMILES string of the molecule is CC(C)[C@@H](C)[C@@]1(C)CC[C@]2(C)[C@H]3CC[C@@H]4[C@@]5(C)COC[C@@]4(C3=CC[C@@]2(C)[C@@H]1C(=O)O)[C@@H](OC[C@](C)(N)C(C)C)[C@H](n1ncnc1C(=O)NC1CC1)C5. The number of aliphatic carboxylic acids is 1. The zero-order valence-electron chi connectivity index (χ0n) is 33.6. The number of allylic oxidation sites excluding steroid dienone is 1. The van der Waals surface area contributed by atoms with E-state index in [2.05, 4.69) is 85.6 Å². The van der Waals surface area contributed by atoms with Crippen LogP contribution in [0.25, 0.3) is 0 Å². The number of carbonyl (C=O) groups excluding carboxylic acids is 1. The smallest absolute Gasteiger partial charge is 0.307 e. The largest absolute Gasteiger partial charge is 0.481 e. The number of rotatable bonds is 10. The number of hydrogen-bond donors (Lipinski definition) is 3. The number of fused-ring (bicyclic) bond motifs is 3. The van der Waals surface area contributed by atoms with E-state index in [0.29, 0.717) is 43.9 Å². The normalized spacial score (nSPS) is 43.1. The average molecular weight is 722 g/mol. The maximum absolute atomic E-state index is 13.7. The third kappa shape index (κ3) is 5.41. The Bertz CT molecular complexity index is 1600. The molecule has 4 saturated carbocycles. The summed E-state index contributed by atoms with van der Waals surface area (Å²) in [6.45, 7) is 24.0. The number of carboxylic acid groups (broad SMARTS) is 1. The molecule has 290 valence electrons. The van der Waals surface area contributed by atoms with Crippen LogP contribution in [0.1, 0.15) is 137 Å². The molecular formula is C42H67N5O5. The van der Waals surface area contributed by atoms with Crippen molar-refractivity contribution in [2.75, 3.05) is 19.8 Å². The van der Waals surface area contributed by atoms with Gasteiger partial charge in [-0.25, -0.2) is 9.67 Å². The third-order valence-electron chi connectivity index (χ3n) is 16.9. The first-order chi connectivity index (χ1) is 24.3. The van der Waals surface area contributed by atoms with Crippen molar-refractivity contribution in [1.82, 2.24) is 20.1 Å². The zero-order valence-corrected chi connectivity index (χ0v) is 33.6. The van der Waals surface area contributed by atoms with Crippen LogP contribution in [0.4, 0.5) is 0 Å². The van der Waals surface area contributed by atoms with Gasteiger partial charge in [-0.1, -0.05) is 74.0 Å².